The Hall–Kier alpha value is -0.870. The molecule has 2 N–H and O–H groups in total. The minimum atomic E-state index is 0.187. The molecule has 1 atom stereocenters. The molecule has 1 aliphatic rings. The summed E-state index contributed by atoms with van der Waals surface area (Å²) in [7, 11) is 0. The highest BCUT2D eigenvalue weighted by Crippen LogP contribution is 2.15. The van der Waals surface area contributed by atoms with Crippen LogP contribution in [0.1, 0.15) is 12.0 Å². The molecule has 0 amide bonds. The second kappa shape index (κ2) is 5.46. The second-order valence-corrected chi connectivity index (χ2v) is 4.77. The van der Waals surface area contributed by atoms with Gasteiger partial charge in [-0.1, -0.05) is 28.1 Å². The molecule has 1 aromatic rings. The Morgan fingerprint density at radius 3 is 3.12 bits per heavy atom. The normalized spacial score (nSPS) is 19.4. The number of nitrogens with zero attached hydrogens (tertiary/aromatic N) is 1. The van der Waals surface area contributed by atoms with Crippen molar-refractivity contribution in [2.45, 2.75) is 18.9 Å². The molecule has 0 radical (unpaired) electrons. The Morgan fingerprint density at radius 1 is 1.50 bits per heavy atom. The minimum absolute atomic E-state index is 0.187. The van der Waals surface area contributed by atoms with E-state index >= 15 is 0 Å². The standard InChI is InChI=1S/C12H15BrN2O/c13-10-3-1-2-9(6-10)7-12-15-8-11(16-12)4-5-14/h1-3,6,11H,4-5,7-8,14H2. The predicted molar refractivity (Wildman–Crippen MR) is 68.7 cm³/mol. The quantitative estimate of drug-likeness (QED) is 0.920. The van der Waals surface area contributed by atoms with E-state index in [4.69, 9.17) is 10.5 Å². The van der Waals surface area contributed by atoms with Gasteiger partial charge in [0, 0.05) is 10.9 Å². The summed E-state index contributed by atoms with van der Waals surface area (Å²) in [6.07, 6.45) is 1.83. The molecule has 86 valence electrons. The molecule has 3 nitrogen and oxygen atoms in total. The van der Waals surface area contributed by atoms with Gasteiger partial charge in [0.2, 0.25) is 0 Å². The zero-order valence-corrected chi connectivity index (χ0v) is 10.6. The number of ether oxygens (including phenoxy) is 1. The van der Waals surface area contributed by atoms with E-state index in [1.807, 2.05) is 12.1 Å². The number of benzene rings is 1. The smallest absolute Gasteiger partial charge is 0.188 e. The molecule has 16 heavy (non-hydrogen) atoms. The maximum atomic E-state index is 5.70. The van der Waals surface area contributed by atoms with E-state index in [9.17, 15) is 0 Å². The highest BCUT2D eigenvalue weighted by Gasteiger charge is 2.18. The summed E-state index contributed by atoms with van der Waals surface area (Å²) in [6.45, 7) is 1.41. The monoisotopic (exact) mass is 282 g/mol. The highest BCUT2D eigenvalue weighted by molar-refractivity contribution is 9.10. The zero-order chi connectivity index (χ0) is 11.4. The molecule has 0 fully saturated rings. The Morgan fingerprint density at radius 2 is 2.38 bits per heavy atom. The van der Waals surface area contributed by atoms with Gasteiger partial charge in [-0.25, -0.2) is 0 Å². The maximum absolute atomic E-state index is 5.70. The molecule has 1 aromatic carbocycles. The van der Waals surface area contributed by atoms with Gasteiger partial charge in [0.05, 0.1) is 6.54 Å². The van der Waals surface area contributed by atoms with E-state index in [-0.39, 0.29) is 6.10 Å². The molecule has 0 aromatic heterocycles. The van der Waals surface area contributed by atoms with Crippen LogP contribution < -0.4 is 5.73 Å². The van der Waals surface area contributed by atoms with Crippen LogP contribution in [0.15, 0.2) is 33.7 Å². The largest absolute Gasteiger partial charge is 0.475 e. The van der Waals surface area contributed by atoms with Crippen molar-refractivity contribution < 1.29 is 4.74 Å². The summed E-state index contributed by atoms with van der Waals surface area (Å²) in [5.41, 5.74) is 6.70. The Balaban J connectivity index is 1.92. The lowest BCUT2D eigenvalue weighted by Gasteiger charge is -2.09. The van der Waals surface area contributed by atoms with Crippen molar-refractivity contribution in [3.63, 3.8) is 0 Å². The topological polar surface area (TPSA) is 47.6 Å². The number of rotatable bonds is 4. The first-order valence-electron chi connectivity index (χ1n) is 5.42. The van der Waals surface area contributed by atoms with Crippen LogP contribution in [-0.2, 0) is 11.2 Å². The third-order valence-electron chi connectivity index (χ3n) is 2.51. The van der Waals surface area contributed by atoms with Gasteiger partial charge in [0.15, 0.2) is 5.90 Å². The average Bonchev–Trinajstić information content (AvgIpc) is 2.66. The summed E-state index contributed by atoms with van der Waals surface area (Å²) in [6, 6.07) is 8.19. The summed E-state index contributed by atoms with van der Waals surface area (Å²) in [4.78, 5) is 4.38. The fourth-order valence-corrected chi connectivity index (χ4v) is 2.17. The van der Waals surface area contributed by atoms with Gasteiger partial charge in [-0.05, 0) is 30.7 Å². The summed E-state index contributed by atoms with van der Waals surface area (Å²) in [5, 5.41) is 0. The minimum Gasteiger partial charge on any atom is -0.475 e. The molecular weight excluding hydrogens is 268 g/mol. The number of halogens is 1. The molecule has 1 aliphatic heterocycles. The van der Waals surface area contributed by atoms with Gasteiger partial charge in [-0.3, -0.25) is 4.99 Å². The van der Waals surface area contributed by atoms with Gasteiger partial charge in [-0.15, -0.1) is 0 Å². The van der Waals surface area contributed by atoms with Crippen molar-refractivity contribution in [3.8, 4) is 0 Å². The summed E-state index contributed by atoms with van der Waals surface area (Å²) in [5.74, 6) is 0.830. The van der Waals surface area contributed by atoms with E-state index in [0.717, 1.165) is 29.8 Å². The molecule has 4 heteroatoms. The number of nitrogens with two attached hydrogens (primary N) is 1. The van der Waals surface area contributed by atoms with Crippen molar-refractivity contribution in [1.82, 2.24) is 0 Å². The number of hydrogen-bond acceptors (Lipinski definition) is 3. The first-order chi connectivity index (χ1) is 7.78. The van der Waals surface area contributed by atoms with Gasteiger partial charge in [-0.2, -0.15) is 0 Å². The predicted octanol–water partition coefficient (Wildman–Crippen LogP) is 2.14. The molecule has 0 bridgehead atoms. The highest BCUT2D eigenvalue weighted by atomic mass is 79.9. The van der Waals surface area contributed by atoms with E-state index in [0.29, 0.717) is 6.54 Å². The van der Waals surface area contributed by atoms with Crippen LogP contribution in [0.3, 0.4) is 0 Å². The van der Waals surface area contributed by atoms with Crippen molar-refractivity contribution >= 4 is 21.8 Å². The molecule has 1 heterocycles. The fourth-order valence-electron chi connectivity index (χ4n) is 1.73. The number of hydrogen-bond donors (Lipinski definition) is 1. The second-order valence-electron chi connectivity index (χ2n) is 3.86. The Labute approximate surface area is 104 Å². The summed E-state index contributed by atoms with van der Waals surface area (Å²) >= 11 is 3.45. The lowest BCUT2D eigenvalue weighted by atomic mass is 10.1. The van der Waals surface area contributed by atoms with Crippen LogP contribution >= 0.6 is 15.9 Å². The Kier molecular flexibility index (Phi) is 3.96. The van der Waals surface area contributed by atoms with Gasteiger partial charge in [0.25, 0.3) is 0 Å². The average molecular weight is 283 g/mol. The van der Waals surface area contributed by atoms with Crippen molar-refractivity contribution in [2.24, 2.45) is 10.7 Å². The third kappa shape index (κ3) is 3.06. The maximum Gasteiger partial charge on any atom is 0.188 e. The molecule has 1 unspecified atom stereocenters. The third-order valence-corrected chi connectivity index (χ3v) is 3.00. The molecule has 0 aliphatic carbocycles. The molecule has 0 saturated carbocycles. The zero-order valence-electron chi connectivity index (χ0n) is 9.03. The van der Waals surface area contributed by atoms with Crippen LogP contribution in [0.25, 0.3) is 0 Å². The molecular formula is C12H15BrN2O. The molecule has 0 saturated heterocycles. The van der Waals surface area contributed by atoms with Gasteiger partial charge in [0.1, 0.15) is 6.10 Å². The van der Waals surface area contributed by atoms with Gasteiger partial charge < -0.3 is 10.5 Å². The Bertz CT molecular complexity index is 392. The van der Waals surface area contributed by atoms with Crippen molar-refractivity contribution in [3.05, 3.63) is 34.3 Å². The number of aliphatic imine (C=N–C) groups is 1. The SMILES string of the molecule is NCCC1CN=C(Cc2cccc(Br)c2)O1. The van der Waals surface area contributed by atoms with Crippen LogP contribution in [0, 0.1) is 0 Å². The molecule has 0 spiro atoms. The first kappa shape index (κ1) is 11.6. The summed E-state index contributed by atoms with van der Waals surface area (Å²) < 4.78 is 6.79. The lowest BCUT2D eigenvalue weighted by molar-refractivity contribution is 0.212. The fraction of sp³-hybridized carbons (Fsp3) is 0.417. The van der Waals surface area contributed by atoms with Crippen molar-refractivity contribution in [2.75, 3.05) is 13.1 Å². The first-order valence-corrected chi connectivity index (χ1v) is 6.21. The lowest BCUT2D eigenvalue weighted by Crippen LogP contribution is -2.18. The molecule has 2 rings (SSSR count). The van der Waals surface area contributed by atoms with E-state index in [2.05, 4.69) is 33.1 Å². The van der Waals surface area contributed by atoms with Crippen molar-refractivity contribution in [1.29, 1.82) is 0 Å². The van der Waals surface area contributed by atoms with Gasteiger partial charge >= 0.3 is 0 Å². The van der Waals surface area contributed by atoms with Crippen LogP contribution in [-0.4, -0.2) is 25.1 Å². The van der Waals surface area contributed by atoms with Crippen LogP contribution in [0.2, 0.25) is 0 Å². The van der Waals surface area contributed by atoms with Crippen LogP contribution in [0.5, 0.6) is 0 Å². The van der Waals surface area contributed by atoms with E-state index < -0.39 is 0 Å². The van der Waals surface area contributed by atoms with E-state index in [1.54, 1.807) is 0 Å². The van der Waals surface area contributed by atoms with E-state index in [1.165, 1.54) is 5.56 Å². The van der Waals surface area contributed by atoms with Crippen LogP contribution in [0.4, 0.5) is 0 Å².